The van der Waals surface area contributed by atoms with E-state index in [1.54, 1.807) is 5.57 Å². The predicted molar refractivity (Wildman–Crippen MR) is 48.1 cm³/mol. The third kappa shape index (κ3) is 0.787. The number of hydrogen-bond acceptors (Lipinski definition) is 0. The average Bonchev–Trinajstić information content (AvgIpc) is 1.86. The highest BCUT2D eigenvalue weighted by Crippen LogP contribution is 2.52. The average molecular weight is 152 g/mol. The molecule has 1 heteroatoms. The molecule has 2 rings (SSSR count). The van der Waals surface area contributed by atoms with Crippen LogP contribution in [0, 0.1) is 5.92 Å². The van der Waals surface area contributed by atoms with Gasteiger partial charge in [-0.15, -0.1) is 9.24 Å². The largest absolute Gasteiger partial charge is 0.127 e. The van der Waals surface area contributed by atoms with Crippen molar-refractivity contribution in [3.8, 4) is 0 Å². The molecule has 54 valence electrons. The number of fused-ring (bicyclic) bond motifs is 1. The molecular weight excluding hydrogens is 139 g/mol. The van der Waals surface area contributed by atoms with Crippen molar-refractivity contribution in [3.05, 3.63) is 23.8 Å². The van der Waals surface area contributed by atoms with Crippen LogP contribution >= 0.6 is 9.24 Å². The SMILES string of the molecule is CC1(P)CC2CC=CC=C21. The van der Waals surface area contributed by atoms with E-state index in [4.69, 9.17) is 0 Å². The quantitative estimate of drug-likeness (QED) is 0.468. The molecule has 3 unspecified atom stereocenters. The van der Waals surface area contributed by atoms with Crippen molar-refractivity contribution >= 4 is 9.24 Å². The van der Waals surface area contributed by atoms with Gasteiger partial charge in [0.05, 0.1) is 0 Å². The summed E-state index contributed by atoms with van der Waals surface area (Å²) in [4.78, 5) is 0. The standard InChI is InChI=1S/C9H13P/c1-9(10)6-7-4-2-3-5-8(7)9/h2-3,5,7H,4,6,10H2,1H3. The highest BCUT2D eigenvalue weighted by Gasteiger charge is 2.41. The summed E-state index contributed by atoms with van der Waals surface area (Å²) >= 11 is 0. The Morgan fingerprint density at radius 3 is 3.00 bits per heavy atom. The van der Waals surface area contributed by atoms with E-state index in [1.165, 1.54) is 12.8 Å². The van der Waals surface area contributed by atoms with Crippen molar-refractivity contribution in [2.24, 2.45) is 5.92 Å². The van der Waals surface area contributed by atoms with Crippen molar-refractivity contribution < 1.29 is 0 Å². The molecule has 0 aromatic carbocycles. The van der Waals surface area contributed by atoms with Crippen LogP contribution in [0.25, 0.3) is 0 Å². The van der Waals surface area contributed by atoms with E-state index in [9.17, 15) is 0 Å². The molecule has 0 aromatic heterocycles. The first kappa shape index (κ1) is 6.61. The molecular formula is C9H13P. The Balaban J connectivity index is 2.27. The van der Waals surface area contributed by atoms with Crippen LogP contribution < -0.4 is 0 Å². The van der Waals surface area contributed by atoms with Gasteiger partial charge in [-0.25, -0.2) is 0 Å². The van der Waals surface area contributed by atoms with E-state index in [0.29, 0.717) is 5.16 Å². The van der Waals surface area contributed by atoms with Gasteiger partial charge in [0, 0.05) is 5.16 Å². The third-order valence-corrected chi connectivity index (χ3v) is 3.17. The summed E-state index contributed by atoms with van der Waals surface area (Å²) in [7, 11) is 2.95. The van der Waals surface area contributed by atoms with E-state index in [0.717, 1.165) is 5.92 Å². The fourth-order valence-corrected chi connectivity index (χ4v) is 2.64. The Morgan fingerprint density at radius 2 is 2.50 bits per heavy atom. The summed E-state index contributed by atoms with van der Waals surface area (Å²) in [5.74, 6) is 0.882. The number of allylic oxidation sites excluding steroid dienone is 4. The summed E-state index contributed by atoms with van der Waals surface area (Å²) in [5, 5.41) is 0.440. The Kier molecular flexibility index (Phi) is 1.29. The van der Waals surface area contributed by atoms with Gasteiger partial charge in [0.25, 0.3) is 0 Å². The Morgan fingerprint density at radius 1 is 1.70 bits per heavy atom. The van der Waals surface area contributed by atoms with Crippen molar-refractivity contribution in [1.82, 2.24) is 0 Å². The van der Waals surface area contributed by atoms with Gasteiger partial charge in [-0.3, -0.25) is 0 Å². The van der Waals surface area contributed by atoms with E-state index in [1.807, 2.05) is 0 Å². The van der Waals surface area contributed by atoms with Gasteiger partial charge in [0.2, 0.25) is 0 Å². The summed E-state index contributed by atoms with van der Waals surface area (Å²) in [6, 6.07) is 0. The minimum Gasteiger partial charge on any atom is -0.127 e. The molecule has 0 amide bonds. The molecule has 0 spiro atoms. The maximum atomic E-state index is 2.95. The van der Waals surface area contributed by atoms with E-state index in [-0.39, 0.29) is 0 Å². The lowest BCUT2D eigenvalue weighted by atomic mass is 9.67. The van der Waals surface area contributed by atoms with E-state index < -0.39 is 0 Å². The highest BCUT2D eigenvalue weighted by molar-refractivity contribution is 7.19. The molecule has 1 fully saturated rings. The second kappa shape index (κ2) is 1.95. The van der Waals surface area contributed by atoms with Crippen LogP contribution in [0.15, 0.2) is 23.8 Å². The fourth-order valence-electron chi connectivity index (χ4n) is 2.03. The van der Waals surface area contributed by atoms with Gasteiger partial charge in [-0.05, 0) is 18.8 Å². The van der Waals surface area contributed by atoms with Crippen LogP contribution in [-0.4, -0.2) is 5.16 Å². The van der Waals surface area contributed by atoms with Crippen molar-refractivity contribution in [2.75, 3.05) is 0 Å². The van der Waals surface area contributed by atoms with E-state index in [2.05, 4.69) is 34.4 Å². The predicted octanol–water partition coefficient (Wildman–Crippen LogP) is 2.53. The van der Waals surface area contributed by atoms with Gasteiger partial charge < -0.3 is 0 Å². The third-order valence-electron chi connectivity index (χ3n) is 2.60. The van der Waals surface area contributed by atoms with Gasteiger partial charge in [-0.2, -0.15) is 0 Å². The first-order chi connectivity index (χ1) is 4.70. The normalized spacial score (nSPS) is 43.8. The smallest absolute Gasteiger partial charge is 0.00403 e. The Labute approximate surface area is 64.6 Å². The second-order valence-electron chi connectivity index (χ2n) is 3.60. The van der Waals surface area contributed by atoms with Crippen LogP contribution in [0.4, 0.5) is 0 Å². The minimum absolute atomic E-state index is 0.440. The summed E-state index contributed by atoms with van der Waals surface area (Å²) in [6.45, 7) is 2.30. The molecule has 1 saturated carbocycles. The minimum atomic E-state index is 0.440. The molecule has 0 nitrogen and oxygen atoms in total. The fraction of sp³-hybridized carbons (Fsp3) is 0.556. The van der Waals surface area contributed by atoms with Crippen LogP contribution in [0.2, 0.25) is 0 Å². The lowest BCUT2D eigenvalue weighted by molar-refractivity contribution is 0.369. The molecule has 0 aromatic rings. The Hall–Kier alpha value is -0.0900. The molecule has 0 radical (unpaired) electrons. The second-order valence-corrected chi connectivity index (χ2v) is 4.88. The maximum Gasteiger partial charge on any atom is 0.00403 e. The first-order valence-electron chi connectivity index (χ1n) is 3.86. The van der Waals surface area contributed by atoms with Crippen LogP contribution in [0.5, 0.6) is 0 Å². The highest BCUT2D eigenvalue weighted by atomic mass is 31.0. The van der Waals surface area contributed by atoms with Gasteiger partial charge >= 0.3 is 0 Å². The molecule has 3 atom stereocenters. The first-order valence-corrected chi connectivity index (χ1v) is 4.44. The molecule has 0 heterocycles. The summed E-state index contributed by atoms with van der Waals surface area (Å²) in [6.07, 6.45) is 9.37. The van der Waals surface area contributed by atoms with Gasteiger partial charge in [0.1, 0.15) is 0 Å². The molecule has 2 aliphatic rings. The zero-order valence-electron chi connectivity index (χ0n) is 6.30. The van der Waals surface area contributed by atoms with Crippen LogP contribution in [0.1, 0.15) is 19.8 Å². The summed E-state index contributed by atoms with van der Waals surface area (Å²) in [5.41, 5.74) is 1.64. The lowest BCUT2D eigenvalue weighted by Gasteiger charge is -2.47. The summed E-state index contributed by atoms with van der Waals surface area (Å²) < 4.78 is 0. The van der Waals surface area contributed by atoms with Crippen LogP contribution in [-0.2, 0) is 0 Å². The monoisotopic (exact) mass is 152 g/mol. The lowest BCUT2D eigenvalue weighted by Crippen LogP contribution is -2.39. The Bertz CT molecular complexity index is 211. The molecule has 0 bridgehead atoms. The van der Waals surface area contributed by atoms with Crippen molar-refractivity contribution in [3.63, 3.8) is 0 Å². The van der Waals surface area contributed by atoms with E-state index >= 15 is 0 Å². The molecule has 0 aliphatic heterocycles. The molecule has 2 aliphatic carbocycles. The van der Waals surface area contributed by atoms with Gasteiger partial charge in [-0.1, -0.05) is 30.7 Å². The van der Waals surface area contributed by atoms with Crippen molar-refractivity contribution in [1.29, 1.82) is 0 Å². The van der Waals surface area contributed by atoms with Gasteiger partial charge in [0.15, 0.2) is 0 Å². The van der Waals surface area contributed by atoms with Crippen molar-refractivity contribution in [2.45, 2.75) is 24.9 Å². The topological polar surface area (TPSA) is 0 Å². The maximum absolute atomic E-state index is 2.95. The molecule has 10 heavy (non-hydrogen) atoms. The number of hydrogen-bond donors (Lipinski definition) is 0. The molecule has 0 saturated heterocycles. The zero-order chi connectivity index (χ0) is 7.19. The number of rotatable bonds is 0. The van der Waals surface area contributed by atoms with Crippen LogP contribution in [0.3, 0.4) is 0 Å². The zero-order valence-corrected chi connectivity index (χ0v) is 7.46. The molecule has 0 N–H and O–H groups in total.